The molecule has 5 atom stereocenters. The van der Waals surface area contributed by atoms with Crippen molar-refractivity contribution in [1.82, 2.24) is 0 Å². The molecule has 28 heavy (non-hydrogen) atoms. The quantitative estimate of drug-likeness (QED) is 0.335. The van der Waals surface area contributed by atoms with E-state index in [9.17, 15) is 15.3 Å². The van der Waals surface area contributed by atoms with Gasteiger partial charge in [0.15, 0.2) is 5.05 Å². The maximum Gasteiger partial charge on any atom is 0.156 e. The summed E-state index contributed by atoms with van der Waals surface area (Å²) in [5.41, 5.74) is 0.366. The SMILES string of the molecule is C#CC12CC(O)C(C=CC(O)CCc3ccco3)C1CC(CCCC(O)=S)=N2. The van der Waals surface area contributed by atoms with Gasteiger partial charge < -0.3 is 19.7 Å². The summed E-state index contributed by atoms with van der Waals surface area (Å²) in [6.07, 6.45) is 14.3. The number of furan rings is 1. The molecule has 0 spiro atoms. The molecule has 1 aromatic heterocycles. The van der Waals surface area contributed by atoms with Gasteiger partial charge in [-0.05, 0) is 50.0 Å². The first-order valence-electron chi connectivity index (χ1n) is 9.77. The van der Waals surface area contributed by atoms with Crippen molar-refractivity contribution in [2.45, 2.75) is 62.7 Å². The molecule has 1 aliphatic heterocycles. The van der Waals surface area contributed by atoms with E-state index in [0.717, 1.165) is 30.7 Å². The second-order valence-electron chi connectivity index (χ2n) is 7.72. The summed E-state index contributed by atoms with van der Waals surface area (Å²) in [6.45, 7) is 0. The molecule has 1 saturated carbocycles. The molecule has 3 rings (SSSR count). The highest BCUT2D eigenvalue weighted by Gasteiger charge is 2.54. The Balaban J connectivity index is 1.60. The molecule has 0 aromatic carbocycles. The first-order chi connectivity index (χ1) is 13.4. The molecule has 1 fully saturated rings. The van der Waals surface area contributed by atoms with Crippen LogP contribution >= 0.6 is 12.2 Å². The van der Waals surface area contributed by atoms with Crippen molar-refractivity contribution in [2.24, 2.45) is 16.8 Å². The van der Waals surface area contributed by atoms with Crippen molar-refractivity contribution in [2.75, 3.05) is 0 Å². The fourth-order valence-corrected chi connectivity index (χ4v) is 4.51. The van der Waals surface area contributed by atoms with Gasteiger partial charge in [0.05, 0.1) is 18.5 Å². The van der Waals surface area contributed by atoms with Crippen molar-refractivity contribution < 1.29 is 19.7 Å². The zero-order chi connectivity index (χ0) is 20.1. The first kappa shape index (κ1) is 20.8. The summed E-state index contributed by atoms with van der Waals surface area (Å²) in [4.78, 5) is 4.78. The van der Waals surface area contributed by atoms with Crippen molar-refractivity contribution in [3.05, 3.63) is 36.3 Å². The molecule has 3 N–H and O–H groups in total. The molecule has 6 heteroatoms. The fraction of sp³-hybridized carbons (Fsp3) is 0.545. The van der Waals surface area contributed by atoms with Gasteiger partial charge in [-0.3, -0.25) is 4.99 Å². The van der Waals surface area contributed by atoms with E-state index < -0.39 is 17.7 Å². The third-order valence-electron chi connectivity index (χ3n) is 5.78. The van der Waals surface area contributed by atoms with E-state index >= 15 is 0 Å². The van der Waals surface area contributed by atoms with E-state index in [4.69, 9.17) is 28.1 Å². The largest absolute Gasteiger partial charge is 0.502 e. The lowest BCUT2D eigenvalue weighted by Crippen LogP contribution is -2.27. The molecule has 1 aromatic rings. The Kier molecular flexibility index (Phi) is 6.71. The van der Waals surface area contributed by atoms with Crippen LogP contribution in [0, 0.1) is 24.2 Å². The number of terminal acetylenes is 1. The Bertz CT molecular complexity index is 779. The maximum atomic E-state index is 10.6. The molecular weight excluding hydrogens is 374 g/mol. The van der Waals surface area contributed by atoms with Crippen LogP contribution in [0.15, 0.2) is 40.0 Å². The van der Waals surface area contributed by atoms with E-state index in [2.05, 4.69) is 5.92 Å². The number of fused-ring (bicyclic) bond motifs is 1. The highest BCUT2D eigenvalue weighted by atomic mass is 32.1. The zero-order valence-electron chi connectivity index (χ0n) is 15.8. The lowest BCUT2D eigenvalue weighted by Gasteiger charge is -2.22. The number of nitrogens with zero attached hydrogens (tertiary/aromatic N) is 1. The van der Waals surface area contributed by atoms with Crippen molar-refractivity contribution in [1.29, 1.82) is 0 Å². The number of aliphatic hydroxyl groups excluding tert-OH is 3. The lowest BCUT2D eigenvalue weighted by molar-refractivity contribution is 0.140. The van der Waals surface area contributed by atoms with Gasteiger partial charge in [0.2, 0.25) is 0 Å². The van der Waals surface area contributed by atoms with Gasteiger partial charge in [-0.15, -0.1) is 6.42 Å². The average molecular weight is 402 g/mol. The minimum atomic E-state index is -0.664. The van der Waals surface area contributed by atoms with Gasteiger partial charge in [-0.25, -0.2) is 0 Å². The van der Waals surface area contributed by atoms with Gasteiger partial charge >= 0.3 is 0 Å². The van der Waals surface area contributed by atoms with Crippen LogP contribution in [-0.4, -0.2) is 43.8 Å². The van der Waals surface area contributed by atoms with Crippen molar-refractivity contribution in [3.63, 3.8) is 0 Å². The highest BCUT2D eigenvalue weighted by molar-refractivity contribution is 7.80. The third-order valence-corrected chi connectivity index (χ3v) is 5.99. The van der Waals surface area contributed by atoms with E-state index in [1.165, 1.54) is 0 Å². The zero-order valence-corrected chi connectivity index (χ0v) is 16.6. The Morgan fingerprint density at radius 3 is 3.00 bits per heavy atom. The number of aliphatic hydroxyl groups is 3. The minimum Gasteiger partial charge on any atom is -0.502 e. The monoisotopic (exact) mass is 401 g/mol. The Hall–Kier alpha value is -1.94. The topological polar surface area (TPSA) is 86.2 Å². The smallest absolute Gasteiger partial charge is 0.156 e. The van der Waals surface area contributed by atoms with Crippen molar-refractivity contribution >= 4 is 23.0 Å². The minimum absolute atomic E-state index is 0.0187. The van der Waals surface area contributed by atoms with E-state index in [0.29, 0.717) is 25.7 Å². The molecule has 0 bridgehead atoms. The summed E-state index contributed by atoms with van der Waals surface area (Å²) >= 11 is 4.71. The van der Waals surface area contributed by atoms with E-state index in [-0.39, 0.29) is 16.9 Å². The van der Waals surface area contributed by atoms with Crippen LogP contribution in [0.4, 0.5) is 0 Å². The fourth-order valence-electron chi connectivity index (χ4n) is 4.37. The van der Waals surface area contributed by atoms with E-state index in [1.807, 2.05) is 18.2 Å². The normalized spacial score (nSPS) is 30.2. The predicted octanol–water partition coefficient (Wildman–Crippen LogP) is 3.40. The highest BCUT2D eigenvalue weighted by Crippen LogP contribution is 2.49. The number of aryl methyl sites for hydroxylation is 1. The van der Waals surface area contributed by atoms with Crippen LogP contribution in [0.5, 0.6) is 0 Å². The number of aliphatic imine (C=N–C) groups is 1. The van der Waals surface area contributed by atoms with Crippen LogP contribution in [0.25, 0.3) is 0 Å². The number of rotatable bonds is 9. The van der Waals surface area contributed by atoms with Gasteiger partial charge in [0, 0.05) is 36.8 Å². The van der Waals surface area contributed by atoms with Crippen LogP contribution in [-0.2, 0) is 6.42 Å². The molecule has 1 aliphatic carbocycles. The van der Waals surface area contributed by atoms with Crippen LogP contribution < -0.4 is 0 Å². The maximum absolute atomic E-state index is 10.6. The van der Waals surface area contributed by atoms with Gasteiger partial charge in [-0.1, -0.05) is 18.1 Å². The second kappa shape index (κ2) is 9.04. The van der Waals surface area contributed by atoms with Gasteiger partial charge in [-0.2, -0.15) is 0 Å². The summed E-state index contributed by atoms with van der Waals surface area (Å²) in [5, 5.41) is 30.0. The summed E-state index contributed by atoms with van der Waals surface area (Å²) < 4.78 is 5.29. The first-order valence-corrected chi connectivity index (χ1v) is 10.2. The number of thiocarbonyl (C=S) groups is 1. The number of hydrogen-bond acceptors (Lipinski definition) is 5. The Labute approximate surface area is 171 Å². The molecule has 0 amide bonds. The molecule has 2 aliphatic rings. The average Bonchev–Trinajstić information content (AvgIpc) is 3.33. The van der Waals surface area contributed by atoms with Gasteiger partial charge in [0.1, 0.15) is 11.3 Å². The van der Waals surface area contributed by atoms with Crippen LogP contribution in [0.2, 0.25) is 0 Å². The Morgan fingerprint density at radius 1 is 1.50 bits per heavy atom. The Morgan fingerprint density at radius 2 is 2.32 bits per heavy atom. The van der Waals surface area contributed by atoms with E-state index in [1.54, 1.807) is 12.3 Å². The molecule has 0 saturated heterocycles. The molecular formula is C22H27NO4S. The summed E-state index contributed by atoms with van der Waals surface area (Å²) in [7, 11) is 0. The molecule has 150 valence electrons. The molecule has 2 heterocycles. The second-order valence-corrected chi connectivity index (χ2v) is 8.19. The van der Waals surface area contributed by atoms with Crippen LogP contribution in [0.3, 0.4) is 0 Å². The number of hydrogen-bond donors (Lipinski definition) is 3. The molecule has 5 unspecified atom stereocenters. The third kappa shape index (κ3) is 4.72. The standard InChI is InChI=1S/C22H27NO4S/c1-2-22-14-20(25)18(11-9-16(24)8-10-17-6-4-12-27-17)19(22)13-15(23-22)5-3-7-21(26)28/h1,4,6,9,11-12,16,18-20,24-25H,3,5,7-8,10,13-14H2,(H,26,28). The summed E-state index contributed by atoms with van der Waals surface area (Å²) in [6, 6.07) is 3.72. The predicted molar refractivity (Wildman–Crippen MR) is 112 cm³/mol. The van der Waals surface area contributed by atoms with Crippen molar-refractivity contribution in [3.8, 4) is 12.3 Å². The molecule has 0 radical (unpaired) electrons. The van der Waals surface area contributed by atoms with Gasteiger partial charge in [0.25, 0.3) is 0 Å². The lowest BCUT2D eigenvalue weighted by atomic mass is 9.82. The van der Waals surface area contributed by atoms with Crippen LogP contribution in [0.1, 0.15) is 44.3 Å². The summed E-state index contributed by atoms with van der Waals surface area (Å²) in [5.74, 6) is 3.58. The molecule has 5 nitrogen and oxygen atoms in total.